The summed E-state index contributed by atoms with van der Waals surface area (Å²) in [4.78, 5) is 41.4. The summed E-state index contributed by atoms with van der Waals surface area (Å²) in [5.74, 6) is -1.49. The van der Waals surface area contributed by atoms with Gasteiger partial charge < -0.3 is 14.8 Å². The predicted molar refractivity (Wildman–Crippen MR) is 135 cm³/mol. The third kappa shape index (κ3) is 5.91. The van der Waals surface area contributed by atoms with Crippen molar-refractivity contribution in [2.24, 2.45) is 0 Å². The van der Waals surface area contributed by atoms with E-state index in [0.717, 1.165) is 15.6 Å². The van der Waals surface area contributed by atoms with Crippen LogP contribution in [-0.4, -0.2) is 36.5 Å². The number of nitrogens with one attached hydrogen (secondary N) is 1. The number of carbonyl (C=O) groups is 3. The molecule has 0 spiro atoms. The highest BCUT2D eigenvalue weighted by Gasteiger charge is 2.16. The van der Waals surface area contributed by atoms with E-state index in [1.54, 1.807) is 36.4 Å². The molecule has 0 fully saturated rings. The van der Waals surface area contributed by atoms with E-state index in [1.165, 1.54) is 7.11 Å². The first-order valence-electron chi connectivity index (χ1n) is 10.7. The number of amides is 1. The SMILES string of the molecule is COC(=O)c1ccc(CNC(=O)COC(=O)c2cc(-c3ccc(Br)cc3)nc3ccccc23)cc1. The van der Waals surface area contributed by atoms with E-state index in [0.29, 0.717) is 27.7 Å². The Morgan fingerprint density at radius 2 is 1.63 bits per heavy atom. The summed E-state index contributed by atoms with van der Waals surface area (Å²) in [7, 11) is 1.31. The largest absolute Gasteiger partial charge is 0.465 e. The van der Waals surface area contributed by atoms with Crippen LogP contribution < -0.4 is 5.32 Å². The maximum absolute atomic E-state index is 12.9. The molecule has 8 heteroatoms. The Bertz CT molecular complexity index is 1390. The average Bonchev–Trinajstić information content (AvgIpc) is 2.90. The Labute approximate surface area is 210 Å². The number of carbonyl (C=O) groups excluding carboxylic acids is 3. The average molecular weight is 533 g/mol. The number of pyridine rings is 1. The first kappa shape index (κ1) is 24.1. The second kappa shape index (κ2) is 10.9. The topological polar surface area (TPSA) is 94.6 Å². The molecule has 176 valence electrons. The third-order valence-electron chi connectivity index (χ3n) is 5.28. The number of ether oxygens (including phenoxy) is 2. The van der Waals surface area contributed by atoms with Gasteiger partial charge in [0, 0.05) is 22.0 Å². The van der Waals surface area contributed by atoms with Crippen molar-refractivity contribution in [2.75, 3.05) is 13.7 Å². The molecule has 0 radical (unpaired) electrons. The number of nitrogens with zero attached hydrogens (tertiary/aromatic N) is 1. The number of aromatic nitrogens is 1. The minimum Gasteiger partial charge on any atom is -0.465 e. The van der Waals surface area contributed by atoms with Crippen LogP contribution in [0.25, 0.3) is 22.2 Å². The molecule has 1 heterocycles. The van der Waals surface area contributed by atoms with E-state index in [4.69, 9.17) is 4.74 Å². The van der Waals surface area contributed by atoms with Crippen molar-refractivity contribution < 1.29 is 23.9 Å². The zero-order valence-electron chi connectivity index (χ0n) is 18.8. The van der Waals surface area contributed by atoms with Crippen LogP contribution in [0.3, 0.4) is 0 Å². The highest BCUT2D eigenvalue weighted by atomic mass is 79.9. The van der Waals surface area contributed by atoms with Gasteiger partial charge in [-0.25, -0.2) is 14.6 Å². The molecular weight excluding hydrogens is 512 g/mol. The Morgan fingerprint density at radius 3 is 2.34 bits per heavy atom. The van der Waals surface area contributed by atoms with Crippen LogP contribution in [0.4, 0.5) is 0 Å². The van der Waals surface area contributed by atoms with E-state index in [-0.39, 0.29) is 6.54 Å². The van der Waals surface area contributed by atoms with Gasteiger partial charge in [0.2, 0.25) is 0 Å². The Morgan fingerprint density at radius 1 is 0.914 bits per heavy atom. The van der Waals surface area contributed by atoms with Crippen LogP contribution in [0, 0.1) is 0 Å². The number of para-hydroxylation sites is 1. The van der Waals surface area contributed by atoms with Crippen molar-refractivity contribution in [3.8, 4) is 11.3 Å². The first-order valence-corrected chi connectivity index (χ1v) is 11.5. The van der Waals surface area contributed by atoms with Crippen LogP contribution in [0.5, 0.6) is 0 Å². The first-order chi connectivity index (χ1) is 16.9. The van der Waals surface area contributed by atoms with Gasteiger partial charge in [-0.3, -0.25) is 4.79 Å². The molecule has 0 bridgehead atoms. The summed E-state index contributed by atoms with van der Waals surface area (Å²) in [6.07, 6.45) is 0. The maximum atomic E-state index is 12.9. The predicted octanol–water partition coefficient (Wildman–Crippen LogP) is 4.92. The molecule has 0 aliphatic carbocycles. The lowest BCUT2D eigenvalue weighted by Crippen LogP contribution is -2.28. The molecule has 3 aromatic carbocycles. The molecule has 0 aliphatic heterocycles. The Hall–Kier alpha value is -4.04. The van der Waals surface area contributed by atoms with Gasteiger partial charge in [0.1, 0.15) is 0 Å². The monoisotopic (exact) mass is 532 g/mol. The van der Waals surface area contributed by atoms with Gasteiger partial charge in [0.15, 0.2) is 6.61 Å². The smallest absolute Gasteiger partial charge is 0.339 e. The minimum atomic E-state index is -0.612. The lowest BCUT2D eigenvalue weighted by molar-refractivity contribution is -0.124. The zero-order chi connectivity index (χ0) is 24.8. The van der Waals surface area contributed by atoms with E-state index in [1.807, 2.05) is 42.5 Å². The summed E-state index contributed by atoms with van der Waals surface area (Å²) in [6, 6.07) is 23.2. The quantitative estimate of drug-likeness (QED) is 0.339. The molecule has 0 saturated heterocycles. The molecule has 4 aromatic rings. The molecule has 0 saturated carbocycles. The number of fused-ring (bicyclic) bond motifs is 1. The van der Waals surface area contributed by atoms with Crippen molar-refractivity contribution in [1.29, 1.82) is 0 Å². The lowest BCUT2D eigenvalue weighted by atomic mass is 10.0. The molecule has 0 atom stereocenters. The van der Waals surface area contributed by atoms with Crippen LogP contribution in [0.15, 0.2) is 83.3 Å². The van der Waals surface area contributed by atoms with Gasteiger partial charge in [-0.05, 0) is 42.0 Å². The third-order valence-corrected chi connectivity index (χ3v) is 5.80. The standard InChI is InChI=1S/C27H21BrN2O5/c1-34-26(32)19-8-6-17(7-9-19)15-29-25(31)16-35-27(33)22-14-24(18-10-12-20(28)13-11-18)30-23-5-3-2-4-21(22)23/h2-14H,15-16H2,1H3,(H,29,31). The molecule has 4 rings (SSSR count). The number of hydrogen-bond acceptors (Lipinski definition) is 6. The van der Waals surface area contributed by atoms with Crippen molar-refractivity contribution in [2.45, 2.75) is 6.54 Å². The molecule has 0 unspecified atom stereocenters. The second-order valence-electron chi connectivity index (χ2n) is 7.62. The maximum Gasteiger partial charge on any atom is 0.339 e. The summed E-state index contributed by atoms with van der Waals surface area (Å²) in [5, 5.41) is 3.34. The number of benzene rings is 3. The Kier molecular flexibility index (Phi) is 7.52. The molecule has 1 amide bonds. The van der Waals surface area contributed by atoms with Gasteiger partial charge in [-0.2, -0.15) is 0 Å². The summed E-state index contributed by atoms with van der Waals surface area (Å²) >= 11 is 3.42. The summed E-state index contributed by atoms with van der Waals surface area (Å²) < 4.78 is 10.9. The number of methoxy groups -OCH3 is 1. The summed E-state index contributed by atoms with van der Waals surface area (Å²) in [6.45, 7) is -0.201. The van der Waals surface area contributed by atoms with E-state index < -0.39 is 24.5 Å². The number of halogens is 1. The summed E-state index contributed by atoms with van der Waals surface area (Å²) in [5.41, 5.74) is 3.67. The minimum absolute atomic E-state index is 0.226. The lowest BCUT2D eigenvalue weighted by Gasteiger charge is -2.11. The molecule has 0 aliphatic rings. The number of rotatable bonds is 7. The van der Waals surface area contributed by atoms with Crippen molar-refractivity contribution in [3.05, 3.63) is 100 Å². The Balaban J connectivity index is 1.43. The van der Waals surface area contributed by atoms with Crippen molar-refractivity contribution in [3.63, 3.8) is 0 Å². The van der Waals surface area contributed by atoms with E-state index in [2.05, 4.69) is 31.0 Å². The van der Waals surface area contributed by atoms with Gasteiger partial charge >= 0.3 is 11.9 Å². The van der Waals surface area contributed by atoms with E-state index >= 15 is 0 Å². The van der Waals surface area contributed by atoms with Gasteiger partial charge in [-0.1, -0.05) is 58.4 Å². The van der Waals surface area contributed by atoms with Gasteiger partial charge in [-0.15, -0.1) is 0 Å². The fraction of sp³-hybridized carbons (Fsp3) is 0.111. The van der Waals surface area contributed by atoms with Crippen molar-refractivity contribution in [1.82, 2.24) is 10.3 Å². The highest BCUT2D eigenvalue weighted by Crippen LogP contribution is 2.26. The van der Waals surface area contributed by atoms with Crippen LogP contribution in [0.1, 0.15) is 26.3 Å². The fourth-order valence-corrected chi connectivity index (χ4v) is 3.71. The number of esters is 2. The van der Waals surface area contributed by atoms with Crippen LogP contribution in [-0.2, 0) is 20.8 Å². The normalized spacial score (nSPS) is 10.6. The van der Waals surface area contributed by atoms with Crippen LogP contribution in [0.2, 0.25) is 0 Å². The van der Waals surface area contributed by atoms with E-state index in [9.17, 15) is 14.4 Å². The van der Waals surface area contributed by atoms with Gasteiger partial charge in [0.05, 0.1) is 29.4 Å². The van der Waals surface area contributed by atoms with Crippen molar-refractivity contribution >= 4 is 44.7 Å². The number of hydrogen-bond donors (Lipinski definition) is 1. The second-order valence-corrected chi connectivity index (χ2v) is 8.54. The zero-order valence-corrected chi connectivity index (χ0v) is 20.4. The van der Waals surface area contributed by atoms with Crippen LogP contribution >= 0.6 is 15.9 Å². The van der Waals surface area contributed by atoms with Gasteiger partial charge in [0.25, 0.3) is 5.91 Å². The molecule has 7 nitrogen and oxygen atoms in total. The highest BCUT2D eigenvalue weighted by molar-refractivity contribution is 9.10. The molecule has 1 N–H and O–H groups in total. The fourth-order valence-electron chi connectivity index (χ4n) is 3.45. The molecular formula is C27H21BrN2O5. The molecule has 35 heavy (non-hydrogen) atoms. The molecule has 1 aromatic heterocycles.